The van der Waals surface area contributed by atoms with Gasteiger partial charge in [0.05, 0.1) is 11.9 Å². The number of aromatic nitrogens is 5. The Hall–Kier alpha value is -4.01. The van der Waals surface area contributed by atoms with Crippen LogP contribution in [0, 0.1) is 0 Å². The molecule has 1 amide bonds. The second-order valence-corrected chi connectivity index (χ2v) is 5.62. The molecule has 27 heavy (non-hydrogen) atoms. The summed E-state index contributed by atoms with van der Waals surface area (Å²) < 4.78 is 6.97. The number of fused-ring (bicyclic) bond motifs is 1. The van der Waals surface area contributed by atoms with Crippen molar-refractivity contribution in [2.24, 2.45) is 5.10 Å². The van der Waals surface area contributed by atoms with Gasteiger partial charge in [-0.25, -0.2) is 10.1 Å². The molecule has 0 saturated carbocycles. The number of ether oxygens (including phenoxy) is 1. The number of hydrogen-bond donors (Lipinski definition) is 2. The lowest BCUT2D eigenvalue weighted by Gasteiger charge is -2.06. The number of para-hydroxylation sites is 1. The predicted molar refractivity (Wildman–Crippen MR) is 98.7 cm³/mol. The highest BCUT2D eigenvalue weighted by Gasteiger charge is 2.04. The van der Waals surface area contributed by atoms with E-state index in [4.69, 9.17) is 4.74 Å². The number of nitrogens with zero attached hydrogens (tertiary/aromatic N) is 5. The summed E-state index contributed by atoms with van der Waals surface area (Å²) in [4.78, 5) is 15.0. The Balaban J connectivity index is 1.29. The number of carbonyl (C=O) groups is 1. The Morgan fingerprint density at radius 3 is 2.89 bits per heavy atom. The zero-order valence-electron chi connectivity index (χ0n) is 14.1. The molecule has 0 aliphatic carbocycles. The van der Waals surface area contributed by atoms with Gasteiger partial charge in [0.2, 0.25) is 0 Å². The Bertz CT molecular complexity index is 1070. The number of H-pyrrole nitrogens is 1. The van der Waals surface area contributed by atoms with E-state index in [0.717, 1.165) is 22.2 Å². The molecule has 134 valence electrons. The van der Waals surface area contributed by atoms with E-state index < -0.39 is 0 Å². The van der Waals surface area contributed by atoms with Crippen LogP contribution in [0.15, 0.2) is 66.2 Å². The van der Waals surface area contributed by atoms with Crippen LogP contribution in [0.25, 0.3) is 16.6 Å². The van der Waals surface area contributed by atoms with Gasteiger partial charge >= 0.3 is 0 Å². The third-order valence-electron chi connectivity index (χ3n) is 3.83. The van der Waals surface area contributed by atoms with Gasteiger partial charge in [-0.3, -0.25) is 4.79 Å². The summed E-state index contributed by atoms with van der Waals surface area (Å²) in [6.45, 7) is -0.143. The van der Waals surface area contributed by atoms with Crippen molar-refractivity contribution in [3.63, 3.8) is 0 Å². The van der Waals surface area contributed by atoms with Crippen LogP contribution in [0.2, 0.25) is 0 Å². The van der Waals surface area contributed by atoms with Crippen molar-refractivity contribution >= 4 is 23.0 Å². The largest absolute Gasteiger partial charge is 0.484 e. The molecule has 0 aliphatic heterocycles. The standard InChI is InChI=1S/C18H15N7O2/c26-18(22-20-10-13-9-19-17-4-2-1-3-16(13)17)11-27-15-7-5-14(6-8-15)25-12-21-23-24-25/h1-10,12,19H,11H2,(H,22,26)/b20-10+. The minimum atomic E-state index is -0.351. The molecule has 0 atom stereocenters. The zero-order chi connectivity index (χ0) is 18.5. The van der Waals surface area contributed by atoms with Crippen LogP contribution in [0.4, 0.5) is 0 Å². The van der Waals surface area contributed by atoms with Crippen LogP contribution < -0.4 is 10.2 Å². The van der Waals surface area contributed by atoms with E-state index in [2.05, 4.69) is 31.0 Å². The fourth-order valence-corrected chi connectivity index (χ4v) is 2.53. The molecule has 4 aromatic rings. The third kappa shape index (κ3) is 3.82. The monoisotopic (exact) mass is 361 g/mol. The lowest BCUT2D eigenvalue weighted by atomic mass is 10.2. The second kappa shape index (κ2) is 7.48. The summed E-state index contributed by atoms with van der Waals surface area (Å²) in [5.74, 6) is 0.207. The first-order valence-electron chi connectivity index (χ1n) is 8.14. The number of carbonyl (C=O) groups excluding carboxylic acids is 1. The molecular weight excluding hydrogens is 346 g/mol. The smallest absolute Gasteiger partial charge is 0.277 e. The molecule has 0 bridgehead atoms. The number of amides is 1. The minimum absolute atomic E-state index is 0.143. The van der Waals surface area contributed by atoms with Gasteiger partial charge in [-0.2, -0.15) is 5.10 Å². The maximum atomic E-state index is 11.9. The number of aromatic amines is 1. The van der Waals surface area contributed by atoms with Crippen LogP contribution in [0.3, 0.4) is 0 Å². The van der Waals surface area contributed by atoms with Gasteiger partial charge in [0.1, 0.15) is 12.1 Å². The van der Waals surface area contributed by atoms with Crippen LogP contribution >= 0.6 is 0 Å². The van der Waals surface area contributed by atoms with E-state index in [9.17, 15) is 4.79 Å². The normalized spacial score (nSPS) is 11.1. The summed E-state index contributed by atoms with van der Waals surface area (Å²) in [6.07, 6.45) is 4.93. The molecule has 2 heterocycles. The Morgan fingerprint density at radius 2 is 2.07 bits per heavy atom. The summed E-state index contributed by atoms with van der Waals surface area (Å²) in [7, 11) is 0. The van der Waals surface area contributed by atoms with Crippen molar-refractivity contribution in [2.75, 3.05) is 6.61 Å². The van der Waals surface area contributed by atoms with Gasteiger partial charge in [0.25, 0.3) is 5.91 Å². The number of tetrazole rings is 1. The second-order valence-electron chi connectivity index (χ2n) is 5.62. The van der Waals surface area contributed by atoms with Gasteiger partial charge in [0.15, 0.2) is 6.61 Å². The first kappa shape index (κ1) is 16.5. The molecule has 0 unspecified atom stereocenters. The molecule has 2 aromatic carbocycles. The predicted octanol–water partition coefficient (Wildman–Crippen LogP) is 1.67. The summed E-state index contributed by atoms with van der Waals surface area (Å²) in [6, 6.07) is 14.9. The quantitative estimate of drug-likeness (QED) is 0.401. The first-order chi connectivity index (χ1) is 13.3. The molecule has 2 aromatic heterocycles. The van der Waals surface area contributed by atoms with Crippen molar-refractivity contribution in [3.05, 3.63) is 66.6 Å². The van der Waals surface area contributed by atoms with Crippen molar-refractivity contribution in [3.8, 4) is 11.4 Å². The molecule has 9 nitrogen and oxygen atoms in total. The van der Waals surface area contributed by atoms with E-state index in [1.807, 2.05) is 30.5 Å². The molecule has 2 N–H and O–H groups in total. The van der Waals surface area contributed by atoms with E-state index in [0.29, 0.717) is 5.75 Å². The van der Waals surface area contributed by atoms with Crippen LogP contribution in [0.5, 0.6) is 5.75 Å². The maximum absolute atomic E-state index is 11.9. The van der Waals surface area contributed by atoms with Gasteiger partial charge < -0.3 is 9.72 Å². The van der Waals surface area contributed by atoms with Crippen molar-refractivity contribution in [2.45, 2.75) is 0 Å². The highest BCUT2D eigenvalue weighted by Crippen LogP contribution is 2.16. The van der Waals surface area contributed by atoms with Crippen molar-refractivity contribution in [1.82, 2.24) is 30.6 Å². The number of benzene rings is 2. The minimum Gasteiger partial charge on any atom is -0.484 e. The fourth-order valence-electron chi connectivity index (χ4n) is 2.53. The Kier molecular flexibility index (Phi) is 4.56. The molecule has 0 radical (unpaired) electrons. The molecule has 4 rings (SSSR count). The van der Waals surface area contributed by atoms with E-state index >= 15 is 0 Å². The van der Waals surface area contributed by atoms with Crippen LogP contribution in [-0.4, -0.2) is 43.9 Å². The van der Waals surface area contributed by atoms with Crippen LogP contribution in [-0.2, 0) is 4.79 Å². The van der Waals surface area contributed by atoms with Gasteiger partial charge in [-0.05, 0) is 40.8 Å². The first-order valence-corrected chi connectivity index (χ1v) is 8.14. The molecule has 0 saturated heterocycles. The molecule has 0 fully saturated rings. The van der Waals surface area contributed by atoms with Gasteiger partial charge in [0, 0.05) is 22.7 Å². The number of hydrazone groups is 1. The van der Waals surface area contributed by atoms with Crippen molar-refractivity contribution in [1.29, 1.82) is 0 Å². The lowest BCUT2D eigenvalue weighted by Crippen LogP contribution is -2.24. The molecule has 0 aliphatic rings. The van der Waals surface area contributed by atoms with Gasteiger partial charge in [-0.1, -0.05) is 18.2 Å². The molecule has 0 spiro atoms. The number of hydrogen-bond acceptors (Lipinski definition) is 6. The Labute approximate surface area is 153 Å². The highest BCUT2D eigenvalue weighted by molar-refractivity contribution is 5.99. The lowest BCUT2D eigenvalue weighted by molar-refractivity contribution is -0.123. The van der Waals surface area contributed by atoms with Crippen LogP contribution in [0.1, 0.15) is 5.56 Å². The molecule has 9 heteroatoms. The van der Waals surface area contributed by atoms with Gasteiger partial charge in [-0.15, -0.1) is 5.10 Å². The SMILES string of the molecule is O=C(COc1ccc(-n2cnnn2)cc1)N/N=C/c1c[nH]c2ccccc12. The summed E-state index contributed by atoms with van der Waals surface area (Å²) in [5, 5.41) is 16.0. The zero-order valence-corrected chi connectivity index (χ0v) is 14.1. The third-order valence-corrected chi connectivity index (χ3v) is 3.83. The maximum Gasteiger partial charge on any atom is 0.277 e. The van der Waals surface area contributed by atoms with E-state index in [-0.39, 0.29) is 12.5 Å². The average Bonchev–Trinajstić information content (AvgIpc) is 3.37. The fraction of sp³-hybridized carbons (Fsp3) is 0.0556. The molecular formula is C18H15N7O2. The summed E-state index contributed by atoms with van der Waals surface area (Å²) >= 11 is 0. The average molecular weight is 361 g/mol. The number of rotatable bonds is 6. The van der Waals surface area contributed by atoms with E-state index in [1.165, 1.54) is 11.0 Å². The number of nitrogens with one attached hydrogen (secondary N) is 2. The summed E-state index contributed by atoms with van der Waals surface area (Å²) in [5.41, 5.74) is 5.15. The highest BCUT2D eigenvalue weighted by atomic mass is 16.5. The van der Waals surface area contributed by atoms with E-state index in [1.54, 1.807) is 30.5 Å². The topological polar surface area (TPSA) is 110 Å². The Morgan fingerprint density at radius 1 is 1.22 bits per heavy atom. The van der Waals surface area contributed by atoms with Crippen molar-refractivity contribution < 1.29 is 9.53 Å².